The van der Waals surface area contributed by atoms with Crippen LogP contribution < -0.4 is 9.80 Å². The molecular weight excluding hydrogens is 408 g/mol. The molecule has 0 unspecified atom stereocenters. The van der Waals surface area contributed by atoms with Crippen LogP contribution in [-0.2, 0) is 0 Å². The van der Waals surface area contributed by atoms with Crippen LogP contribution in [0.4, 0.5) is 14.5 Å². The van der Waals surface area contributed by atoms with Gasteiger partial charge in [0.05, 0.1) is 26.2 Å². The van der Waals surface area contributed by atoms with Gasteiger partial charge in [0.15, 0.2) is 6.04 Å². The molecule has 0 amide bonds. The zero-order chi connectivity index (χ0) is 20.7. The first-order valence-corrected chi connectivity index (χ1v) is 10.5. The summed E-state index contributed by atoms with van der Waals surface area (Å²) in [5, 5.41) is 14.9. The van der Waals surface area contributed by atoms with E-state index in [0.717, 1.165) is 42.3 Å². The summed E-state index contributed by atoms with van der Waals surface area (Å²) in [6.07, 6.45) is 1.41. The fraction of sp³-hybridized carbons (Fsp3) is 0.238. The van der Waals surface area contributed by atoms with Crippen molar-refractivity contribution in [3.63, 3.8) is 0 Å². The number of nitrogens with one attached hydrogen (secondary N) is 1. The summed E-state index contributed by atoms with van der Waals surface area (Å²) < 4.78 is 28.2. The third kappa shape index (κ3) is 3.40. The summed E-state index contributed by atoms with van der Waals surface area (Å²) in [6.45, 7) is 3.21. The van der Waals surface area contributed by atoms with E-state index in [1.54, 1.807) is 24.3 Å². The van der Waals surface area contributed by atoms with Crippen LogP contribution in [0.5, 0.6) is 5.88 Å². The Bertz CT molecular complexity index is 1150. The molecular formula is C21H20F2N5OS+. The number of aromatic hydroxyl groups is 1. The number of hydrogen-bond donors (Lipinski definition) is 2. The van der Waals surface area contributed by atoms with Crippen molar-refractivity contribution in [3.8, 4) is 5.88 Å². The van der Waals surface area contributed by atoms with Gasteiger partial charge >= 0.3 is 0 Å². The highest BCUT2D eigenvalue weighted by Gasteiger charge is 2.34. The van der Waals surface area contributed by atoms with E-state index in [2.05, 4.69) is 15.0 Å². The number of halogens is 2. The molecule has 4 aromatic rings. The van der Waals surface area contributed by atoms with Crippen LogP contribution in [0.15, 0.2) is 54.9 Å². The molecule has 5 rings (SSSR count). The number of aromatic nitrogens is 3. The van der Waals surface area contributed by atoms with Crippen LogP contribution in [0.2, 0.25) is 0 Å². The second-order valence-corrected chi connectivity index (χ2v) is 8.36. The number of fused-ring (bicyclic) bond motifs is 1. The molecule has 30 heavy (non-hydrogen) atoms. The van der Waals surface area contributed by atoms with Gasteiger partial charge in [0.25, 0.3) is 0 Å². The molecule has 6 nitrogen and oxygen atoms in total. The number of anilines is 1. The molecule has 2 aromatic carbocycles. The van der Waals surface area contributed by atoms with Gasteiger partial charge in [-0.05, 0) is 48.5 Å². The van der Waals surface area contributed by atoms with E-state index in [9.17, 15) is 13.9 Å². The number of quaternary nitrogens is 1. The van der Waals surface area contributed by atoms with Crippen molar-refractivity contribution in [2.24, 2.45) is 0 Å². The number of piperazine rings is 1. The molecule has 154 valence electrons. The van der Waals surface area contributed by atoms with E-state index in [-0.39, 0.29) is 23.6 Å². The first-order chi connectivity index (χ1) is 14.6. The molecule has 0 spiro atoms. The number of hydrogen-bond acceptors (Lipinski definition) is 5. The van der Waals surface area contributed by atoms with Gasteiger partial charge in [-0.2, -0.15) is 9.61 Å². The van der Waals surface area contributed by atoms with Crippen molar-refractivity contribution in [3.05, 3.63) is 76.9 Å². The second-order valence-electron chi connectivity index (χ2n) is 7.35. The fourth-order valence-corrected chi connectivity index (χ4v) is 5.22. The van der Waals surface area contributed by atoms with Crippen LogP contribution in [-0.4, -0.2) is 45.9 Å². The SMILES string of the molecule is Oc1c([C@@H](c2ccc(F)cc2)[NH+]2CCN(c3ccc(F)cc3)CC2)sc2ncnn12. The maximum absolute atomic E-state index is 13.5. The normalized spacial score (nSPS) is 16.3. The molecule has 2 N–H and O–H groups in total. The summed E-state index contributed by atoms with van der Waals surface area (Å²) in [7, 11) is 0. The third-order valence-electron chi connectivity index (χ3n) is 5.61. The molecule has 1 saturated heterocycles. The van der Waals surface area contributed by atoms with Gasteiger partial charge in [-0.15, -0.1) is 0 Å². The van der Waals surface area contributed by atoms with Crippen molar-refractivity contribution < 1.29 is 18.8 Å². The van der Waals surface area contributed by atoms with Gasteiger partial charge in [0.1, 0.15) is 22.8 Å². The molecule has 1 atom stereocenters. The van der Waals surface area contributed by atoms with E-state index in [1.165, 1.54) is 51.3 Å². The lowest BCUT2D eigenvalue weighted by Crippen LogP contribution is -3.15. The first kappa shape index (κ1) is 19.0. The van der Waals surface area contributed by atoms with Gasteiger partial charge in [-0.3, -0.25) is 0 Å². The lowest BCUT2D eigenvalue weighted by molar-refractivity contribution is -0.925. The van der Waals surface area contributed by atoms with E-state index in [0.29, 0.717) is 4.96 Å². The van der Waals surface area contributed by atoms with Crippen molar-refractivity contribution in [2.45, 2.75) is 6.04 Å². The van der Waals surface area contributed by atoms with Crippen LogP contribution in [0.1, 0.15) is 16.5 Å². The highest BCUT2D eigenvalue weighted by atomic mass is 32.1. The second kappa shape index (κ2) is 7.66. The Labute approximate surface area is 175 Å². The summed E-state index contributed by atoms with van der Waals surface area (Å²) >= 11 is 1.40. The Morgan fingerprint density at radius 3 is 2.23 bits per heavy atom. The smallest absolute Gasteiger partial charge is 0.235 e. The minimum Gasteiger partial charge on any atom is -0.492 e. The fourth-order valence-electron chi connectivity index (χ4n) is 4.10. The minimum atomic E-state index is -0.291. The molecule has 2 aromatic heterocycles. The number of thiazole rings is 1. The summed E-state index contributed by atoms with van der Waals surface area (Å²) in [4.78, 5) is 9.08. The molecule has 9 heteroatoms. The van der Waals surface area contributed by atoms with Crippen molar-refractivity contribution in [1.29, 1.82) is 0 Å². The van der Waals surface area contributed by atoms with Gasteiger partial charge < -0.3 is 14.9 Å². The predicted octanol–water partition coefficient (Wildman–Crippen LogP) is 2.27. The topological polar surface area (TPSA) is 58.1 Å². The Kier molecular flexibility index (Phi) is 4.84. The highest BCUT2D eigenvalue weighted by molar-refractivity contribution is 7.17. The molecule has 0 radical (unpaired) electrons. The first-order valence-electron chi connectivity index (χ1n) is 9.72. The van der Waals surface area contributed by atoms with Crippen LogP contribution in [0, 0.1) is 11.6 Å². The quantitative estimate of drug-likeness (QED) is 0.524. The zero-order valence-electron chi connectivity index (χ0n) is 16.0. The van der Waals surface area contributed by atoms with Crippen molar-refractivity contribution >= 4 is 22.0 Å². The summed E-state index contributed by atoms with van der Waals surface area (Å²) in [5.74, 6) is -0.457. The van der Waals surface area contributed by atoms with Crippen molar-refractivity contribution in [1.82, 2.24) is 14.6 Å². The summed E-state index contributed by atoms with van der Waals surface area (Å²) in [6, 6.07) is 12.8. The Hall–Kier alpha value is -3.04. The number of benzene rings is 2. The van der Waals surface area contributed by atoms with Crippen molar-refractivity contribution in [2.75, 3.05) is 31.1 Å². The van der Waals surface area contributed by atoms with E-state index in [4.69, 9.17) is 0 Å². The Balaban J connectivity index is 1.45. The van der Waals surface area contributed by atoms with Crippen LogP contribution >= 0.6 is 11.3 Å². The van der Waals surface area contributed by atoms with Crippen LogP contribution in [0.25, 0.3) is 4.96 Å². The molecule has 0 bridgehead atoms. The standard InChI is InChI=1S/C21H19F2N5OS/c22-15-3-1-14(2-4-15)18(19-20(29)28-21(30-19)24-13-25-28)27-11-9-26(10-12-27)17-7-5-16(23)6-8-17/h1-8,13,18,29H,9-12H2/p+1/t18-/m1/s1. The van der Waals surface area contributed by atoms with Gasteiger partial charge in [-0.25, -0.2) is 13.8 Å². The third-order valence-corrected chi connectivity index (χ3v) is 6.71. The Morgan fingerprint density at radius 2 is 1.60 bits per heavy atom. The molecule has 1 fully saturated rings. The van der Waals surface area contributed by atoms with Gasteiger partial charge in [-0.1, -0.05) is 11.3 Å². The monoisotopic (exact) mass is 428 g/mol. The average Bonchev–Trinajstić information content (AvgIpc) is 3.34. The maximum atomic E-state index is 13.5. The lowest BCUT2D eigenvalue weighted by atomic mass is 10.0. The van der Waals surface area contributed by atoms with Crippen LogP contribution in [0.3, 0.4) is 0 Å². The molecule has 1 aliphatic heterocycles. The minimum absolute atomic E-state index is 0.0790. The average molecular weight is 428 g/mol. The summed E-state index contributed by atoms with van der Waals surface area (Å²) in [5.41, 5.74) is 1.93. The molecule has 3 heterocycles. The van der Waals surface area contributed by atoms with E-state index in [1.807, 2.05) is 0 Å². The zero-order valence-corrected chi connectivity index (χ0v) is 16.8. The number of rotatable bonds is 4. The molecule has 0 saturated carbocycles. The number of nitrogens with zero attached hydrogens (tertiary/aromatic N) is 4. The van der Waals surface area contributed by atoms with Gasteiger partial charge in [0.2, 0.25) is 10.8 Å². The van der Waals surface area contributed by atoms with Gasteiger partial charge in [0, 0.05) is 11.3 Å². The lowest BCUT2D eigenvalue weighted by Gasteiger charge is -2.37. The molecule has 0 aliphatic carbocycles. The van der Waals surface area contributed by atoms with E-state index < -0.39 is 0 Å². The van der Waals surface area contributed by atoms with E-state index >= 15 is 0 Å². The Morgan fingerprint density at radius 1 is 0.967 bits per heavy atom. The largest absolute Gasteiger partial charge is 0.492 e. The molecule has 1 aliphatic rings. The highest BCUT2D eigenvalue weighted by Crippen LogP contribution is 2.34. The maximum Gasteiger partial charge on any atom is 0.235 e. The predicted molar refractivity (Wildman–Crippen MR) is 110 cm³/mol.